The highest BCUT2D eigenvalue weighted by Crippen LogP contribution is 2.46. The molecule has 0 N–H and O–H groups in total. The van der Waals surface area contributed by atoms with Crippen LogP contribution in [-0.4, -0.2) is 42.0 Å². The molecule has 0 bridgehead atoms. The molecule has 0 saturated heterocycles. The van der Waals surface area contributed by atoms with Gasteiger partial charge >= 0.3 is 6.18 Å². The number of ether oxygens (including phenoxy) is 1. The van der Waals surface area contributed by atoms with E-state index in [4.69, 9.17) is 9.72 Å². The van der Waals surface area contributed by atoms with Gasteiger partial charge in [0.15, 0.2) is 16.5 Å². The minimum absolute atomic E-state index is 0.452. The number of fused-ring (bicyclic) bond motifs is 2. The maximum Gasteiger partial charge on any atom is 0.417 e. The molecule has 0 fully saturated rings. The van der Waals surface area contributed by atoms with E-state index >= 15 is 0 Å². The van der Waals surface area contributed by atoms with Crippen molar-refractivity contribution in [3.05, 3.63) is 49.6 Å². The minimum Gasteiger partial charge on any atom is -0.495 e. The number of halogens is 5. The van der Waals surface area contributed by atoms with E-state index in [0.717, 1.165) is 21.2 Å². The summed E-state index contributed by atoms with van der Waals surface area (Å²) >= 11 is 4.56. The first-order chi connectivity index (χ1) is 21.2. The lowest BCUT2D eigenvalue weighted by Gasteiger charge is -2.44. The summed E-state index contributed by atoms with van der Waals surface area (Å²) in [6.07, 6.45) is 2.79. The lowest BCUT2D eigenvalue weighted by Crippen LogP contribution is -2.51. The lowest BCUT2D eigenvalue weighted by atomic mass is 10.2. The molecule has 4 aromatic rings. The molecule has 0 aromatic carbocycles. The van der Waals surface area contributed by atoms with Crippen LogP contribution in [0.4, 0.5) is 13.2 Å². The number of rotatable bonds is 9. The Labute approximate surface area is 302 Å². The minimum atomic E-state index is -4.37. The molecule has 4 rings (SSSR count). The molecule has 0 aliphatic carbocycles. The number of hydrogen-bond acceptors (Lipinski definition) is 3. The van der Waals surface area contributed by atoms with Crippen molar-refractivity contribution >= 4 is 83.7 Å². The Balaban J connectivity index is 0.000000251. The number of hydrogen-bond donors (Lipinski definition) is 0. The largest absolute Gasteiger partial charge is 0.495 e. The summed E-state index contributed by atoms with van der Waals surface area (Å²) < 4.78 is 51.4. The van der Waals surface area contributed by atoms with Crippen molar-refractivity contribution in [1.29, 1.82) is 0 Å². The van der Waals surface area contributed by atoms with Crippen molar-refractivity contribution in [3.8, 4) is 5.75 Å². The highest BCUT2D eigenvalue weighted by Gasteiger charge is 2.47. The van der Waals surface area contributed by atoms with E-state index in [1.165, 1.54) is 15.0 Å². The third-order valence-corrected chi connectivity index (χ3v) is 25.3. The van der Waals surface area contributed by atoms with Gasteiger partial charge in [0.05, 0.1) is 18.9 Å². The fourth-order valence-corrected chi connectivity index (χ4v) is 23.7. The zero-order valence-electron chi connectivity index (χ0n) is 29.5. The monoisotopic (exact) mass is 898 g/mol. The molecule has 4 aromatic heterocycles. The van der Waals surface area contributed by atoms with Gasteiger partial charge in [-0.05, 0) is 90.6 Å². The molecule has 0 unspecified atom stereocenters. The summed E-state index contributed by atoms with van der Waals surface area (Å²) in [5, 5.41) is 1.81. The number of alkyl halides is 3. The summed E-state index contributed by atoms with van der Waals surface area (Å²) in [5.74, 6) is 0.828. The van der Waals surface area contributed by atoms with Crippen LogP contribution in [0, 0.1) is 7.14 Å². The molecule has 0 saturated carbocycles. The van der Waals surface area contributed by atoms with Gasteiger partial charge in [-0.1, -0.05) is 83.1 Å². The van der Waals surface area contributed by atoms with Crippen LogP contribution in [0.3, 0.4) is 0 Å². The molecule has 256 valence electrons. The van der Waals surface area contributed by atoms with Gasteiger partial charge in [0.25, 0.3) is 0 Å². The van der Waals surface area contributed by atoms with E-state index in [-0.39, 0.29) is 0 Å². The van der Waals surface area contributed by atoms with E-state index in [0.29, 0.717) is 44.3 Å². The van der Waals surface area contributed by atoms with Crippen LogP contribution in [0.2, 0.25) is 33.2 Å². The van der Waals surface area contributed by atoms with Gasteiger partial charge in [-0.2, -0.15) is 13.2 Å². The van der Waals surface area contributed by atoms with Crippen LogP contribution in [0.1, 0.15) is 88.6 Å². The van der Waals surface area contributed by atoms with E-state index in [9.17, 15) is 13.2 Å². The fourth-order valence-electron chi connectivity index (χ4n) is 8.65. The summed E-state index contributed by atoms with van der Waals surface area (Å²) in [6, 6.07) is 3.35. The fraction of sp³-hybridized carbons (Fsp3) is 0.588. The molecule has 0 atom stereocenters. The number of aromatic nitrogens is 4. The highest BCUT2D eigenvalue weighted by atomic mass is 127. The van der Waals surface area contributed by atoms with E-state index in [1.54, 1.807) is 7.11 Å². The standard InChI is InChI=1S/C17H24F3IN2Si.C17H27IN2OSi/c1-10(2)24(11(3)4,12(5)6)23-9-15(21)14-7-13(17(18,19)20)8-22-16(14)23;1-11(2)22(12(3)4,13(5)6)20-10-16(18)15-8-14(21-7)9-19-17(15)20/h7-12H,1-6H3;8-13H,1-7H3. The summed E-state index contributed by atoms with van der Waals surface area (Å²) in [4.78, 5) is 9.01. The predicted octanol–water partition coefficient (Wildman–Crippen LogP) is 12.4. The van der Waals surface area contributed by atoms with Crippen molar-refractivity contribution in [1.82, 2.24) is 18.4 Å². The average Bonchev–Trinajstić information content (AvgIpc) is 3.44. The van der Waals surface area contributed by atoms with Crippen molar-refractivity contribution in [2.45, 2.75) is 123 Å². The van der Waals surface area contributed by atoms with Gasteiger partial charge in [0.2, 0.25) is 0 Å². The molecule has 4 heterocycles. The Morgan fingerprint density at radius 2 is 0.978 bits per heavy atom. The third-order valence-electron chi connectivity index (χ3n) is 10.1. The van der Waals surface area contributed by atoms with Gasteiger partial charge in [-0.3, -0.25) is 0 Å². The molecule has 46 heavy (non-hydrogen) atoms. The van der Waals surface area contributed by atoms with Gasteiger partial charge in [-0.25, -0.2) is 9.97 Å². The number of nitrogens with zero attached hydrogens (tertiary/aromatic N) is 4. The van der Waals surface area contributed by atoms with Gasteiger partial charge < -0.3 is 13.2 Å². The summed E-state index contributed by atoms with van der Waals surface area (Å²) in [6.45, 7) is 27.7. The normalized spacial score (nSPS) is 13.3. The highest BCUT2D eigenvalue weighted by molar-refractivity contribution is 14.1. The molecule has 0 amide bonds. The predicted molar refractivity (Wildman–Crippen MR) is 209 cm³/mol. The molecule has 0 aliphatic heterocycles. The summed E-state index contributed by atoms with van der Waals surface area (Å²) in [7, 11) is -2.11. The third kappa shape index (κ3) is 6.83. The van der Waals surface area contributed by atoms with Crippen LogP contribution in [0.5, 0.6) is 5.75 Å². The number of pyridine rings is 2. The zero-order chi connectivity index (χ0) is 35.1. The van der Waals surface area contributed by atoms with Crippen LogP contribution in [0.25, 0.3) is 22.1 Å². The van der Waals surface area contributed by atoms with Crippen molar-refractivity contribution in [2.75, 3.05) is 7.11 Å². The maximum atomic E-state index is 13.0. The molecule has 0 aliphatic rings. The van der Waals surface area contributed by atoms with E-state index < -0.39 is 28.2 Å². The smallest absolute Gasteiger partial charge is 0.417 e. The van der Waals surface area contributed by atoms with Crippen molar-refractivity contribution in [2.24, 2.45) is 0 Å². The number of methoxy groups -OCH3 is 1. The van der Waals surface area contributed by atoms with Gasteiger partial charge in [0.1, 0.15) is 17.0 Å². The molecule has 12 heteroatoms. The van der Waals surface area contributed by atoms with Crippen molar-refractivity contribution < 1.29 is 17.9 Å². The Kier molecular flexibility index (Phi) is 12.6. The van der Waals surface area contributed by atoms with Crippen LogP contribution in [-0.2, 0) is 6.18 Å². The molecule has 0 spiro atoms. The molecular weight excluding hydrogens is 847 g/mol. The lowest BCUT2D eigenvalue weighted by molar-refractivity contribution is -0.137. The van der Waals surface area contributed by atoms with Crippen LogP contribution in [0.15, 0.2) is 36.9 Å². The topological polar surface area (TPSA) is 44.9 Å². The Hall–Kier alpha value is -1.14. The second kappa shape index (κ2) is 14.8. The van der Waals surface area contributed by atoms with E-state index in [2.05, 4.69) is 154 Å². The first-order valence-corrected chi connectivity index (χ1v) is 22.7. The first kappa shape index (κ1) is 39.3. The average molecular weight is 899 g/mol. The Bertz CT molecular complexity index is 1600. The molecular formula is C34H51F3I2N4OSi2. The van der Waals surface area contributed by atoms with Crippen LogP contribution < -0.4 is 4.74 Å². The SMILES string of the molecule is CC(C)[Si](C(C)C)(C(C)C)n1cc(I)c2cc(C(F)(F)F)cnc21.COc1cnc2c(c1)c(I)cn2[Si](C(C)C)(C(C)C)C(C)C. The molecule has 5 nitrogen and oxygen atoms in total. The Morgan fingerprint density at radius 1 is 0.630 bits per heavy atom. The summed E-state index contributed by atoms with van der Waals surface area (Å²) in [5.41, 5.74) is 4.45. The molecule has 0 radical (unpaired) electrons. The van der Waals surface area contributed by atoms with Gasteiger partial charge in [0, 0.05) is 36.5 Å². The first-order valence-electron chi connectivity index (χ1n) is 16.2. The quantitative estimate of drug-likeness (QED) is 0.124. The zero-order valence-corrected chi connectivity index (χ0v) is 35.8. The van der Waals surface area contributed by atoms with E-state index in [1.807, 2.05) is 12.4 Å². The van der Waals surface area contributed by atoms with Gasteiger partial charge in [-0.15, -0.1) is 0 Å². The van der Waals surface area contributed by atoms with Crippen molar-refractivity contribution in [3.63, 3.8) is 0 Å². The Morgan fingerprint density at radius 3 is 1.30 bits per heavy atom. The maximum absolute atomic E-state index is 13.0. The second-order valence-corrected chi connectivity index (χ2v) is 28.0. The second-order valence-electron chi connectivity index (χ2n) is 14.2. The van der Waals surface area contributed by atoms with Crippen LogP contribution >= 0.6 is 45.2 Å².